The van der Waals surface area contributed by atoms with Crippen LogP contribution in [0.1, 0.15) is 13.8 Å². The molecule has 0 atom stereocenters. The maximum absolute atomic E-state index is 11.4. The minimum Gasteiger partial charge on any atom is -0.495 e. The van der Waals surface area contributed by atoms with E-state index in [1.807, 2.05) is 13.8 Å². The summed E-state index contributed by atoms with van der Waals surface area (Å²) in [7, 11) is -1.84. The van der Waals surface area contributed by atoms with Gasteiger partial charge < -0.3 is 9.47 Å². The van der Waals surface area contributed by atoms with E-state index in [9.17, 15) is 8.42 Å². The highest BCUT2D eigenvalue weighted by Gasteiger charge is 2.15. The summed E-state index contributed by atoms with van der Waals surface area (Å²) in [6.07, 6.45) is 1.18. The molecule has 0 radical (unpaired) electrons. The monoisotopic (exact) mass is 244 g/mol. The Balaban J connectivity index is 3.17. The van der Waals surface area contributed by atoms with Crippen molar-refractivity contribution in [2.24, 2.45) is 0 Å². The van der Waals surface area contributed by atoms with Gasteiger partial charge in [0.05, 0.1) is 13.2 Å². The van der Waals surface area contributed by atoms with Gasteiger partial charge in [-0.15, -0.1) is 0 Å². The molecule has 0 saturated heterocycles. The Morgan fingerprint density at radius 1 is 1.25 bits per heavy atom. The van der Waals surface area contributed by atoms with Gasteiger partial charge in [0.25, 0.3) is 0 Å². The van der Waals surface area contributed by atoms with Crippen molar-refractivity contribution < 1.29 is 17.9 Å². The second-order valence-corrected chi connectivity index (χ2v) is 5.74. The molecule has 0 fully saturated rings. The van der Waals surface area contributed by atoms with E-state index in [1.165, 1.54) is 13.2 Å². The summed E-state index contributed by atoms with van der Waals surface area (Å²) in [5, 5.41) is 0. The van der Waals surface area contributed by atoms with Gasteiger partial charge in [-0.25, -0.2) is 8.42 Å². The van der Waals surface area contributed by atoms with Crippen LogP contribution >= 0.6 is 0 Å². The molecule has 1 rings (SSSR count). The third kappa shape index (κ3) is 3.13. The number of ether oxygens (including phenoxy) is 2. The molecule has 5 heteroatoms. The fraction of sp³-hybridized carbons (Fsp3) is 0.455. The predicted molar refractivity (Wildman–Crippen MR) is 61.9 cm³/mol. The van der Waals surface area contributed by atoms with Crippen molar-refractivity contribution in [3.63, 3.8) is 0 Å². The topological polar surface area (TPSA) is 52.6 Å². The first-order chi connectivity index (χ1) is 7.34. The summed E-state index contributed by atoms with van der Waals surface area (Å²) < 4.78 is 33.3. The summed E-state index contributed by atoms with van der Waals surface area (Å²) in [4.78, 5) is 0.172. The minimum absolute atomic E-state index is 0.0359. The third-order valence-corrected chi connectivity index (χ3v) is 3.04. The van der Waals surface area contributed by atoms with Crippen molar-refractivity contribution in [1.29, 1.82) is 0 Å². The molecule has 0 saturated carbocycles. The van der Waals surface area contributed by atoms with Crippen LogP contribution in [0.3, 0.4) is 0 Å². The van der Waals surface area contributed by atoms with E-state index in [0.29, 0.717) is 11.5 Å². The van der Waals surface area contributed by atoms with Crippen molar-refractivity contribution in [2.45, 2.75) is 24.8 Å². The van der Waals surface area contributed by atoms with Crippen molar-refractivity contribution >= 4 is 9.84 Å². The van der Waals surface area contributed by atoms with Gasteiger partial charge in [-0.05, 0) is 26.0 Å². The Hall–Kier alpha value is -1.23. The lowest BCUT2D eigenvalue weighted by Gasteiger charge is -2.12. The molecule has 1 aromatic carbocycles. The summed E-state index contributed by atoms with van der Waals surface area (Å²) >= 11 is 0. The van der Waals surface area contributed by atoms with Crippen LogP contribution in [0.4, 0.5) is 0 Å². The molecule has 1 aromatic rings. The second kappa shape index (κ2) is 4.74. The highest BCUT2D eigenvalue weighted by molar-refractivity contribution is 7.90. The van der Waals surface area contributed by atoms with Crippen LogP contribution < -0.4 is 9.47 Å². The van der Waals surface area contributed by atoms with E-state index in [0.717, 1.165) is 6.26 Å². The molecule has 4 nitrogen and oxygen atoms in total. The first-order valence-electron chi connectivity index (χ1n) is 4.89. The molecule has 0 aliphatic heterocycles. The van der Waals surface area contributed by atoms with E-state index in [-0.39, 0.29) is 11.0 Å². The lowest BCUT2D eigenvalue weighted by Crippen LogP contribution is -2.06. The van der Waals surface area contributed by atoms with Gasteiger partial charge in [0.15, 0.2) is 9.84 Å². The van der Waals surface area contributed by atoms with Gasteiger partial charge in [0.2, 0.25) is 0 Å². The normalized spacial score (nSPS) is 11.6. The summed E-state index contributed by atoms with van der Waals surface area (Å²) in [6.45, 7) is 3.80. The number of sulfone groups is 1. The van der Waals surface area contributed by atoms with Crippen LogP contribution in [-0.2, 0) is 9.84 Å². The smallest absolute Gasteiger partial charge is 0.179 e. The van der Waals surface area contributed by atoms with Gasteiger partial charge in [0.1, 0.15) is 16.4 Å². The molecular formula is C11H16O4S. The maximum atomic E-state index is 11.4. The summed E-state index contributed by atoms with van der Waals surface area (Å²) in [5.41, 5.74) is 0. The Morgan fingerprint density at radius 2 is 1.88 bits per heavy atom. The summed E-state index contributed by atoms with van der Waals surface area (Å²) in [6, 6.07) is 4.70. The maximum Gasteiger partial charge on any atom is 0.179 e. The van der Waals surface area contributed by atoms with Gasteiger partial charge in [-0.3, -0.25) is 0 Å². The van der Waals surface area contributed by atoms with E-state index in [4.69, 9.17) is 9.47 Å². The van der Waals surface area contributed by atoms with Crippen molar-refractivity contribution in [3.05, 3.63) is 18.2 Å². The molecular weight excluding hydrogens is 228 g/mol. The molecule has 0 aliphatic carbocycles. The van der Waals surface area contributed by atoms with Crippen LogP contribution in [0.25, 0.3) is 0 Å². The Labute approximate surface area is 96.1 Å². The zero-order chi connectivity index (χ0) is 12.3. The molecule has 0 bridgehead atoms. The zero-order valence-corrected chi connectivity index (χ0v) is 10.7. The van der Waals surface area contributed by atoms with Gasteiger partial charge in [0, 0.05) is 12.3 Å². The molecule has 0 N–H and O–H groups in total. The average Bonchev–Trinajstić information content (AvgIpc) is 2.14. The summed E-state index contributed by atoms with van der Waals surface area (Å²) in [5.74, 6) is 0.903. The first kappa shape index (κ1) is 12.8. The van der Waals surface area contributed by atoms with Crippen molar-refractivity contribution in [1.82, 2.24) is 0 Å². The Kier molecular flexibility index (Phi) is 3.80. The lowest BCUT2D eigenvalue weighted by atomic mass is 10.3. The zero-order valence-electron chi connectivity index (χ0n) is 9.85. The Bertz CT molecular complexity index is 463. The highest BCUT2D eigenvalue weighted by Crippen LogP contribution is 2.28. The van der Waals surface area contributed by atoms with Gasteiger partial charge >= 0.3 is 0 Å². The van der Waals surface area contributed by atoms with E-state index in [1.54, 1.807) is 12.1 Å². The quantitative estimate of drug-likeness (QED) is 0.811. The van der Waals surface area contributed by atoms with Gasteiger partial charge in [-0.2, -0.15) is 0 Å². The second-order valence-electron chi connectivity index (χ2n) is 3.75. The minimum atomic E-state index is -3.27. The van der Waals surface area contributed by atoms with Crippen LogP contribution in [0.2, 0.25) is 0 Å². The number of benzene rings is 1. The van der Waals surface area contributed by atoms with Crippen LogP contribution in [0, 0.1) is 0 Å². The highest BCUT2D eigenvalue weighted by atomic mass is 32.2. The largest absolute Gasteiger partial charge is 0.495 e. The standard InChI is InChI=1S/C11H16O4S/c1-8(2)15-9-5-6-11(16(4,12)13)10(7-9)14-3/h5-8H,1-4H3. The SMILES string of the molecule is COc1cc(OC(C)C)ccc1S(C)(=O)=O. The molecule has 16 heavy (non-hydrogen) atoms. The van der Waals surface area contributed by atoms with Crippen LogP contribution in [-0.4, -0.2) is 27.9 Å². The van der Waals surface area contributed by atoms with E-state index < -0.39 is 9.84 Å². The fourth-order valence-electron chi connectivity index (χ4n) is 1.30. The molecule has 0 aliphatic rings. The first-order valence-corrected chi connectivity index (χ1v) is 6.78. The number of rotatable bonds is 4. The molecule has 0 amide bonds. The molecule has 0 aromatic heterocycles. The number of hydrogen-bond acceptors (Lipinski definition) is 4. The Morgan fingerprint density at radius 3 is 2.31 bits per heavy atom. The number of methoxy groups -OCH3 is 1. The molecule has 0 spiro atoms. The predicted octanol–water partition coefficient (Wildman–Crippen LogP) is 1.89. The molecule has 0 heterocycles. The average molecular weight is 244 g/mol. The van der Waals surface area contributed by atoms with E-state index in [2.05, 4.69) is 0 Å². The van der Waals surface area contributed by atoms with Crippen LogP contribution in [0.15, 0.2) is 23.1 Å². The molecule has 0 unspecified atom stereocenters. The third-order valence-electron chi connectivity index (χ3n) is 1.91. The number of hydrogen-bond donors (Lipinski definition) is 0. The lowest BCUT2D eigenvalue weighted by molar-refractivity contribution is 0.241. The van der Waals surface area contributed by atoms with Crippen molar-refractivity contribution in [2.75, 3.05) is 13.4 Å². The van der Waals surface area contributed by atoms with Crippen LogP contribution in [0.5, 0.6) is 11.5 Å². The fourth-order valence-corrected chi connectivity index (χ4v) is 2.12. The molecule has 90 valence electrons. The van der Waals surface area contributed by atoms with E-state index >= 15 is 0 Å². The van der Waals surface area contributed by atoms with Gasteiger partial charge in [-0.1, -0.05) is 0 Å². The van der Waals surface area contributed by atoms with Crippen molar-refractivity contribution in [3.8, 4) is 11.5 Å².